The molecule has 0 radical (unpaired) electrons. The van der Waals surface area contributed by atoms with Crippen LogP contribution < -0.4 is 21.4 Å². The van der Waals surface area contributed by atoms with Crippen LogP contribution in [0, 0.1) is 0 Å². The van der Waals surface area contributed by atoms with Gasteiger partial charge < -0.3 is 31.8 Å². The predicted octanol–water partition coefficient (Wildman–Crippen LogP) is -0.748. The standard InChI is InChI=1S/C21H22N8O7S3/c1-8(18(32)33)36-27-12(10-7-38-20(23)24-10)15(30)26-13-16(31)29-14(19(34)35)9(5-37-17(13)29)6-39-21-25-11(22)3-4-28(21)2/h3-4,7-8,13,17,22H,5-6H2,1-2H3,(H5,23,24,26,30,32,33,34,35)/p+1/b27-12-/t8?,13?,17-/m1/s1. The molecule has 1 fully saturated rings. The molecule has 18 heteroatoms. The molecule has 4 rings (SSSR count). The summed E-state index contributed by atoms with van der Waals surface area (Å²) in [5.74, 6) is -3.18. The van der Waals surface area contributed by atoms with Crippen molar-refractivity contribution in [3.63, 3.8) is 0 Å². The lowest BCUT2D eigenvalue weighted by molar-refractivity contribution is -0.713. The number of fused-ring (bicyclic) bond motifs is 1. The van der Waals surface area contributed by atoms with Gasteiger partial charge in [-0.2, -0.15) is 0 Å². The van der Waals surface area contributed by atoms with Gasteiger partial charge in [0.25, 0.3) is 11.8 Å². The Morgan fingerprint density at radius 1 is 1.36 bits per heavy atom. The van der Waals surface area contributed by atoms with Gasteiger partial charge in [0, 0.05) is 23.0 Å². The normalized spacial score (nSPS) is 19.7. The van der Waals surface area contributed by atoms with Crippen LogP contribution >= 0.6 is 34.9 Å². The monoisotopic (exact) mass is 595 g/mol. The number of carbonyl (C=O) groups excluding carboxylic acids is 2. The quantitative estimate of drug-likeness (QED) is 0.0570. The molecular weight excluding hydrogens is 572 g/mol. The summed E-state index contributed by atoms with van der Waals surface area (Å²) >= 11 is 3.60. The number of β-lactam (4-membered cyclic amide) rings is 1. The number of nitrogen functional groups attached to an aromatic ring is 2. The number of nitrogens with one attached hydrogen (secondary N) is 1. The lowest BCUT2D eigenvalue weighted by Crippen LogP contribution is -2.71. The van der Waals surface area contributed by atoms with Crippen LogP contribution in [0.15, 0.2) is 39.2 Å². The lowest BCUT2D eigenvalue weighted by atomic mass is 10.0. The van der Waals surface area contributed by atoms with Crippen LogP contribution in [0.5, 0.6) is 0 Å². The Kier molecular flexibility index (Phi) is 8.26. The minimum atomic E-state index is -1.36. The number of thiazole rings is 1. The van der Waals surface area contributed by atoms with E-state index in [0.717, 1.165) is 16.2 Å². The lowest BCUT2D eigenvalue weighted by Gasteiger charge is -2.49. The molecule has 15 nitrogen and oxygen atoms in total. The average molecular weight is 596 g/mol. The molecule has 0 spiro atoms. The van der Waals surface area contributed by atoms with Crippen molar-refractivity contribution in [1.29, 1.82) is 0 Å². The third-order valence-electron chi connectivity index (χ3n) is 5.54. The van der Waals surface area contributed by atoms with Crippen molar-refractivity contribution in [2.75, 3.05) is 23.0 Å². The smallest absolute Gasteiger partial charge is 0.361 e. The van der Waals surface area contributed by atoms with Gasteiger partial charge >= 0.3 is 17.1 Å². The van der Waals surface area contributed by atoms with Gasteiger partial charge in [-0.05, 0) is 29.2 Å². The Morgan fingerprint density at radius 3 is 2.74 bits per heavy atom. The Hall–Kier alpha value is -3.90. The first kappa shape index (κ1) is 28.1. The zero-order valence-electron chi connectivity index (χ0n) is 20.4. The van der Waals surface area contributed by atoms with Gasteiger partial charge in [0.15, 0.2) is 10.8 Å². The second kappa shape index (κ2) is 11.5. The summed E-state index contributed by atoms with van der Waals surface area (Å²) in [5, 5.41) is 26.6. The molecule has 0 aliphatic carbocycles. The maximum Gasteiger partial charge on any atom is 0.361 e. The van der Waals surface area contributed by atoms with Gasteiger partial charge in [-0.1, -0.05) is 5.16 Å². The highest BCUT2D eigenvalue weighted by Gasteiger charge is 2.54. The molecule has 39 heavy (non-hydrogen) atoms. The fourth-order valence-electron chi connectivity index (χ4n) is 3.55. The maximum atomic E-state index is 13.1. The molecule has 2 aromatic heterocycles. The van der Waals surface area contributed by atoms with E-state index in [1.165, 1.54) is 35.8 Å². The second-order valence-corrected chi connectivity index (χ2v) is 11.2. The van der Waals surface area contributed by atoms with E-state index >= 15 is 0 Å². The summed E-state index contributed by atoms with van der Waals surface area (Å²) in [6, 6.07) is 0.580. The highest BCUT2D eigenvalue weighted by molar-refractivity contribution is 8.01. The van der Waals surface area contributed by atoms with E-state index in [1.54, 1.807) is 23.9 Å². The van der Waals surface area contributed by atoms with Crippen LogP contribution in [0.1, 0.15) is 12.6 Å². The summed E-state index contributed by atoms with van der Waals surface area (Å²) in [5.41, 5.74) is 11.4. The minimum Gasteiger partial charge on any atom is -0.478 e. The van der Waals surface area contributed by atoms with Crippen LogP contribution in [0.4, 0.5) is 10.9 Å². The number of carboxylic acid groups (broad SMARTS) is 2. The predicted molar refractivity (Wildman–Crippen MR) is 141 cm³/mol. The van der Waals surface area contributed by atoms with Crippen molar-refractivity contribution < 1.29 is 38.8 Å². The van der Waals surface area contributed by atoms with E-state index in [1.807, 2.05) is 0 Å². The molecule has 0 saturated carbocycles. The first-order valence-electron chi connectivity index (χ1n) is 11.1. The topological polar surface area (TPSA) is 227 Å². The number of anilines is 2. The molecule has 2 amide bonds. The molecule has 3 atom stereocenters. The molecule has 4 heterocycles. The number of carbonyl (C=O) groups is 4. The van der Waals surface area contributed by atoms with Crippen LogP contribution in [-0.2, 0) is 31.1 Å². The van der Waals surface area contributed by atoms with Crippen molar-refractivity contribution in [2.45, 2.75) is 29.6 Å². The Bertz CT molecular complexity index is 1410. The number of aryl methyl sites for hydroxylation is 1. The molecule has 1 saturated heterocycles. The van der Waals surface area contributed by atoms with Crippen LogP contribution in [-0.4, -0.2) is 83.6 Å². The molecular formula is C21H23N8O7S3+. The van der Waals surface area contributed by atoms with Gasteiger partial charge in [0.05, 0.1) is 13.2 Å². The van der Waals surface area contributed by atoms with Crippen molar-refractivity contribution in [3.8, 4) is 0 Å². The van der Waals surface area contributed by atoms with Crippen LogP contribution in [0.3, 0.4) is 0 Å². The number of aromatic nitrogens is 3. The van der Waals surface area contributed by atoms with E-state index in [4.69, 9.17) is 21.4 Å². The highest BCUT2D eigenvalue weighted by atomic mass is 32.2. The Balaban J connectivity index is 1.51. The van der Waals surface area contributed by atoms with Gasteiger partial charge in [0.2, 0.25) is 11.9 Å². The van der Waals surface area contributed by atoms with Gasteiger partial charge in [-0.15, -0.1) is 23.1 Å². The van der Waals surface area contributed by atoms with Gasteiger partial charge in [0.1, 0.15) is 22.8 Å². The molecule has 2 unspecified atom stereocenters. The van der Waals surface area contributed by atoms with E-state index in [0.29, 0.717) is 22.3 Å². The minimum absolute atomic E-state index is 0.0290. The van der Waals surface area contributed by atoms with Crippen molar-refractivity contribution in [1.82, 2.24) is 20.2 Å². The number of aliphatic carboxylic acids is 2. The molecule has 2 aromatic rings. The Morgan fingerprint density at radius 2 is 2.10 bits per heavy atom. The number of amides is 2. The van der Waals surface area contributed by atoms with E-state index < -0.39 is 41.3 Å². The number of rotatable bonds is 10. The van der Waals surface area contributed by atoms with E-state index in [2.05, 4.69) is 20.4 Å². The van der Waals surface area contributed by atoms with E-state index in [-0.39, 0.29) is 28.0 Å². The van der Waals surface area contributed by atoms with Crippen molar-refractivity contribution >= 4 is 75.3 Å². The van der Waals surface area contributed by atoms with Crippen LogP contribution in [0.2, 0.25) is 0 Å². The summed E-state index contributed by atoms with van der Waals surface area (Å²) in [6.07, 6.45) is 0.377. The average Bonchev–Trinajstić information content (AvgIpc) is 3.32. The molecule has 0 aromatic carbocycles. The molecule has 206 valence electrons. The zero-order chi connectivity index (χ0) is 28.4. The zero-order valence-corrected chi connectivity index (χ0v) is 22.9. The molecule has 2 aliphatic rings. The SMILES string of the molecule is CC(O/N=C(\C(=O)NC1C(=O)N2C(C(=O)O)=C(CSc3nc(N)cc[n+]3C)CS[C@H]12)c1csc(N)n1)C(=O)O. The fourth-order valence-corrected chi connectivity index (χ4v) is 6.55. The Labute approximate surface area is 233 Å². The summed E-state index contributed by atoms with van der Waals surface area (Å²) in [6.45, 7) is 1.22. The van der Waals surface area contributed by atoms with Gasteiger partial charge in [-0.3, -0.25) is 14.5 Å². The number of carboxylic acids is 2. The number of hydrogen-bond donors (Lipinski definition) is 5. The van der Waals surface area contributed by atoms with E-state index in [9.17, 15) is 24.3 Å². The summed E-state index contributed by atoms with van der Waals surface area (Å²) < 4.78 is 1.75. The molecule has 0 bridgehead atoms. The first-order chi connectivity index (χ1) is 18.5. The third-order valence-corrected chi connectivity index (χ3v) is 8.68. The number of nitrogens with two attached hydrogens (primary N) is 2. The highest BCUT2D eigenvalue weighted by Crippen LogP contribution is 2.41. The second-order valence-electron chi connectivity index (χ2n) is 8.25. The van der Waals surface area contributed by atoms with Crippen molar-refractivity contribution in [2.24, 2.45) is 12.2 Å². The summed E-state index contributed by atoms with van der Waals surface area (Å²) in [7, 11) is 1.78. The number of hydrogen-bond acceptors (Lipinski definition) is 13. The third kappa shape index (κ3) is 5.91. The first-order valence-corrected chi connectivity index (χ1v) is 14.0. The number of oxime groups is 1. The fraction of sp³-hybridized carbons (Fsp3) is 0.333. The molecule has 7 N–H and O–H groups in total. The number of thioether (sulfide) groups is 2. The van der Waals surface area contributed by atoms with Gasteiger partial charge in [-0.25, -0.2) is 19.1 Å². The van der Waals surface area contributed by atoms with Crippen molar-refractivity contribution in [3.05, 3.63) is 34.6 Å². The van der Waals surface area contributed by atoms with Crippen LogP contribution in [0.25, 0.3) is 0 Å². The molecule has 2 aliphatic heterocycles. The number of nitrogens with zero attached hydrogens (tertiary/aromatic N) is 5. The maximum absolute atomic E-state index is 13.1. The largest absolute Gasteiger partial charge is 0.478 e. The summed E-state index contributed by atoms with van der Waals surface area (Å²) in [4.78, 5) is 63.7.